The van der Waals surface area contributed by atoms with E-state index in [1.54, 1.807) is 18.2 Å². The van der Waals surface area contributed by atoms with E-state index in [1.807, 2.05) is 0 Å². The van der Waals surface area contributed by atoms with Crippen molar-refractivity contribution in [3.63, 3.8) is 0 Å². The van der Waals surface area contributed by atoms with E-state index in [2.05, 4.69) is 19.6 Å². The van der Waals surface area contributed by atoms with Crippen LogP contribution >= 0.6 is 12.6 Å². The molecular weight excluding hydrogens is 312 g/mol. The second-order valence-electron chi connectivity index (χ2n) is 5.58. The molecule has 0 bridgehead atoms. The minimum absolute atomic E-state index is 0.0606. The Morgan fingerprint density at radius 3 is 2.52 bits per heavy atom. The summed E-state index contributed by atoms with van der Waals surface area (Å²) in [5, 5.41) is 0.412. The topological polar surface area (TPSA) is 52.6 Å². The number of ether oxygens (including phenoxy) is 2. The molecule has 1 aromatic carbocycles. The zero-order chi connectivity index (χ0) is 17.2. The Labute approximate surface area is 144 Å². The lowest BCUT2D eigenvalue weighted by Crippen LogP contribution is -2.09. The fraction of sp³-hybridized carbons (Fsp3) is 0.556. The van der Waals surface area contributed by atoms with Gasteiger partial charge < -0.3 is 9.47 Å². The quantitative estimate of drug-likeness (QED) is 0.225. The summed E-state index contributed by atoms with van der Waals surface area (Å²) in [4.78, 5) is 23.3. The Balaban J connectivity index is 2.46. The maximum Gasteiger partial charge on any atom is 0.311 e. The van der Waals surface area contributed by atoms with Crippen LogP contribution in [0.5, 0.6) is 11.5 Å². The van der Waals surface area contributed by atoms with Crippen LogP contribution in [0.25, 0.3) is 0 Å². The fourth-order valence-electron chi connectivity index (χ4n) is 2.27. The minimum Gasteiger partial charge on any atom is -0.493 e. The highest BCUT2D eigenvalue weighted by molar-refractivity contribution is 7.80. The summed E-state index contributed by atoms with van der Waals surface area (Å²) in [5.74, 6) is 0.393. The Kier molecular flexibility index (Phi) is 8.77. The molecule has 0 saturated heterocycles. The molecule has 0 aliphatic rings. The number of Topliss-reactive ketones (excluding diaryl/α,β-unsaturated/α-hetero) is 1. The highest BCUT2D eigenvalue weighted by Gasteiger charge is 2.12. The first kappa shape index (κ1) is 19.6. The monoisotopic (exact) mass is 338 g/mol. The molecule has 0 N–H and O–H groups in total. The van der Waals surface area contributed by atoms with E-state index >= 15 is 0 Å². The third-order valence-electron chi connectivity index (χ3n) is 3.58. The molecule has 0 aromatic heterocycles. The molecule has 1 aromatic rings. The fourth-order valence-corrected chi connectivity index (χ4v) is 2.71. The number of carbonyl (C=O) groups excluding carboxylic acids is 2. The summed E-state index contributed by atoms with van der Waals surface area (Å²) < 4.78 is 10.5. The number of methoxy groups -OCH3 is 1. The largest absolute Gasteiger partial charge is 0.493 e. The summed E-state index contributed by atoms with van der Waals surface area (Å²) in [6, 6.07) is 4.81. The van der Waals surface area contributed by atoms with Crippen LogP contribution < -0.4 is 9.47 Å². The normalized spacial score (nSPS) is 11.8. The lowest BCUT2D eigenvalue weighted by Gasteiger charge is -2.11. The van der Waals surface area contributed by atoms with Gasteiger partial charge >= 0.3 is 5.97 Å². The Hall–Kier alpha value is -1.49. The van der Waals surface area contributed by atoms with Gasteiger partial charge in [-0.05, 0) is 44.4 Å². The summed E-state index contributed by atoms with van der Waals surface area (Å²) in [7, 11) is 1.48. The van der Waals surface area contributed by atoms with Gasteiger partial charge in [0.15, 0.2) is 17.3 Å². The molecule has 0 heterocycles. The molecule has 5 heteroatoms. The standard InChI is InChI=1S/C18H26O4S/c1-4-7-15(23)8-5-6-9-18(20)22-16-11-10-14(13(2)19)12-17(16)21-3/h10-12,15,23H,4-9H2,1-3H3. The first-order valence-corrected chi connectivity index (χ1v) is 8.57. The van der Waals surface area contributed by atoms with E-state index in [-0.39, 0.29) is 11.8 Å². The molecule has 1 unspecified atom stereocenters. The molecule has 0 aliphatic heterocycles. The number of unbranched alkanes of at least 4 members (excludes halogenated alkanes) is 1. The van der Waals surface area contributed by atoms with Gasteiger partial charge in [-0.15, -0.1) is 0 Å². The molecule has 0 amide bonds. The van der Waals surface area contributed by atoms with Gasteiger partial charge in [-0.2, -0.15) is 12.6 Å². The van der Waals surface area contributed by atoms with E-state index in [0.717, 1.165) is 32.1 Å². The van der Waals surface area contributed by atoms with Crippen molar-refractivity contribution >= 4 is 24.4 Å². The van der Waals surface area contributed by atoms with Crippen LogP contribution in [0.3, 0.4) is 0 Å². The van der Waals surface area contributed by atoms with Crippen LogP contribution in [0, 0.1) is 0 Å². The summed E-state index contributed by atoms with van der Waals surface area (Å²) in [6.07, 6.45) is 5.36. The highest BCUT2D eigenvalue weighted by Crippen LogP contribution is 2.28. The number of thiol groups is 1. The number of hydrogen-bond donors (Lipinski definition) is 1. The predicted octanol–water partition coefficient (Wildman–Crippen LogP) is 4.46. The van der Waals surface area contributed by atoms with Gasteiger partial charge in [-0.1, -0.05) is 19.8 Å². The lowest BCUT2D eigenvalue weighted by atomic mass is 10.1. The maximum atomic E-state index is 11.9. The van der Waals surface area contributed by atoms with Crippen molar-refractivity contribution in [2.24, 2.45) is 0 Å². The van der Waals surface area contributed by atoms with Crippen molar-refractivity contribution in [2.75, 3.05) is 7.11 Å². The average molecular weight is 338 g/mol. The molecule has 1 atom stereocenters. The van der Waals surface area contributed by atoms with Gasteiger partial charge in [0.1, 0.15) is 0 Å². The van der Waals surface area contributed by atoms with E-state index in [0.29, 0.717) is 28.7 Å². The SMILES string of the molecule is CCCC(S)CCCCC(=O)Oc1ccc(C(C)=O)cc1OC. The highest BCUT2D eigenvalue weighted by atomic mass is 32.1. The number of benzene rings is 1. The summed E-state index contributed by atoms with van der Waals surface area (Å²) >= 11 is 4.51. The third kappa shape index (κ3) is 7.08. The van der Waals surface area contributed by atoms with Gasteiger partial charge in [-0.25, -0.2) is 0 Å². The van der Waals surface area contributed by atoms with Crippen molar-refractivity contribution in [1.29, 1.82) is 0 Å². The first-order valence-electron chi connectivity index (χ1n) is 8.05. The van der Waals surface area contributed by atoms with Crippen molar-refractivity contribution in [3.05, 3.63) is 23.8 Å². The van der Waals surface area contributed by atoms with Gasteiger partial charge in [-0.3, -0.25) is 9.59 Å². The molecule has 0 fully saturated rings. The van der Waals surface area contributed by atoms with Crippen LogP contribution in [0.15, 0.2) is 18.2 Å². The number of rotatable bonds is 10. The first-order chi connectivity index (χ1) is 11.0. The van der Waals surface area contributed by atoms with E-state index < -0.39 is 0 Å². The third-order valence-corrected chi connectivity index (χ3v) is 4.10. The maximum absolute atomic E-state index is 11.9. The molecule has 0 aliphatic carbocycles. The molecule has 4 nitrogen and oxygen atoms in total. The van der Waals surface area contributed by atoms with Crippen LogP contribution in [-0.2, 0) is 4.79 Å². The molecular formula is C18H26O4S. The van der Waals surface area contributed by atoms with Crippen molar-refractivity contribution in [3.8, 4) is 11.5 Å². The van der Waals surface area contributed by atoms with Crippen molar-refractivity contribution in [1.82, 2.24) is 0 Å². The number of hydrogen-bond acceptors (Lipinski definition) is 5. The second-order valence-corrected chi connectivity index (χ2v) is 6.31. The molecule has 0 radical (unpaired) electrons. The van der Waals surface area contributed by atoms with E-state index in [9.17, 15) is 9.59 Å². The molecule has 1 rings (SSSR count). The summed E-state index contributed by atoms with van der Waals surface area (Å²) in [6.45, 7) is 3.62. The van der Waals surface area contributed by atoms with E-state index in [4.69, 9.17) is 9.47 Å². The molecule has 0 spiro atoms. The summed E-state index contributed by atoms with van der Waals surface area (Å²) in [5.41, 5.74) is 0.525. The predicted molar refractivity (Wildman–Crippen MR) is 94.8 cm³/mol. The molecule has 128 valence electrons. The van der Waals surface area contributed by atoms with Crippen LogP contribution in [0.2, 0.25) is 0 Å². The lowest BCUT2D eigenvalue weighted by molar-refractivity contribution is -0.134. The number of esters is 1. The van der Waals surface area contributed by atoms with E-state index in [1.165, 1.54) is 14.0 Å². The Morgan fingerprint density at radius 1 is 1.17 bits per heavy atom. The van der Waals surface area contributed by atoms with Crippen molar-refractivity contribution in [2.45, 2.75) is 57.6 Å². The van der Waals surface area contributed by atoms with Crippen LogP contribution in [-0.4, -0.2) is 24.1 Å². The zero-order valence-electron chi connectivity index (χ0n) is 14.1. The molecule has 23 heavy (non-hydrogen) atoms. The second kappa shape index (κ2) is 10.3. The number of carbonyl (C=O) groups is 2. The Morgan fingerprint density at radius 2 is 1.91 bits per heavy atom. The van der Waals surface area contributed by atoms with Crippen LogP contribution in [0.1, 0.15) is 62.7 Å². The van der Waals surface area contributed by atoms with Gasteiger partial charge in [0.25, 0.3) is 0 Å². The van der Waals surface area contributed by atoms with Crippen molar-refractivity contribution < 1.29 is 19.1 Å². The smallest absolute Gasteiger partial charge is 0.311 e. The zero-order valence-corrected chi connectivity index (χ0v) is 15.0. The van der Waals surface area contributed by atoms with Crippen LogP contribution in [0.4, 0.5) is 0 Å². The van der Waals surface area contributed by atoms with Gasteiger partial charge in [0.2, 0.25) is 0 Å². The average Bonchev–Trinajstić information content (AvgIpc) is 2.52. The minimum atomic E-state index is -0.287. The Bertz CT molecular complexity index is 528. The van der Waals surface area contributed by atoms with Gasteiger partial charge in [0, 0.05) is 17.2 Å². The number of ketones is 1. The van der Waals surface area contributed by atoms with Gasteiger partial charge in [0.05, 0.1) is 7.11 Å². The molecule has 0 saturated carbocycles.